The van der Waals surface area contributed by atoms with Gasteiger partial charge in [0.05, 0.1) is 16.9 Å². The van der Waals surface area contributed by atoms with Crippen LogP contribution in [0.15, 0.2) is 78.9 Å². The van der Waals surface area contributed by atoms with E-state index in [-0.39, 0.29) is 11.5 Å². The van der Waals surface area contributed by atoms with E-state index in [2.05, 4.69) is 0 Å². The highest BCUT2D eigenvalue weighted by Crippen LogP contribution is 2.52. The highest BCUT2D eigenvalue weighted by atomic mass is 32.1. The summed E-state index contributed by atoms with van der Waals surface area (Å²) in [6.45, 7) is 1.54. The largest absolute Gasteiger partial charge is 0.495 e. The van der Waals surface area contributed by atoms with Crippen LogP contribution < -0.4 is 4.74 Å². The Balaban J connectivity index is 1.95. The predicted octanol–water partition coefficient (Wildman–Crippen LogP) is 6.87. The smallest absolute Gasteiger partial charge is 0.269 e. The highest BCUT2D eigenvalue weighted by molar-refractivity contribution is 7.20. The monoisotopic (exact) mass is 429 g/mol. The molecule has 1 aromatic heterocycles. The van der Waals surface area contributed by atoms with Crippen molar-refractivity contribution in [3.05, 3.63) is 94.5 Å². The van der Waals surface area contributed by atoms with Crippen LogP contribution in [0.4, 0.5) is 5.69 Å². The number of hydrogen-bond donors (Lipinski definition) is 0. The maximum atomic E-state index is 11.7. The quantitative estimate of drug-likeness (QED) is 0.190. The number of carbonyl (C=O) groups is 1. The molecule has 0 aliphatic rings. The summed E-state index contributed by atoms with van der Waals surface area (Å²) in [5, 5.41) is 11.1. The first-order chi connectivity index (χ1) is 15.0. The summed E-state index contributed by atoms with van der Waals surface area (Å²) in [7, 11) is 1.64. The van der Waals surface area contributed by atoms with E-state index >= 15 is 0 Å². The summed E-state index contributed by atoms with van der Waals surface area (Å²) in [6, 6.07) is 23.9. The third kappa shape index (κ3) is 3.98. The van der Waals surface area contributed by atoms with Crippen molar-refractivity contribution in [2.75, 3.05) is 7.11 Å². The summed E-state index contributed by atoms with van der Waals surface area (Å²) in [6.07, 6.45) is 0. The van der Waals surface area contributed by atoms with E-state index in [4.69, 9.17) is 4.74 Å². The summed E-state index contributed by atoms with van der Waals surface area (Å²) < 4.78 is 5.86. The fourth-order valence-electron chi connectivity index (χ4n) is 3.46. The molecule has 0 aliphatic heterocycles. The van der Waals surface area contributed by atoms with Crippen LogP contribution in [-0.2, 0) is 0 Å². The number of benzene rings is 3. The van der Waals surface area contributed by atoms with Gasteiger partial charge in [-0.05, 0) is 35.7 Å². The number of nitro groups is 1. The van der Waals surface area contributed by atoms with Crippen LogP contribution in [0.3, 0.4) is 0 Å². The molecule has 0 unspecified atom stereocenters. The number of nitrogens with zero attached hydrogens (tertiary/aromatic N) is 1. The van der Waals surface area contributed by atoms with Crippen LogP contribution in [0.2, 0.25) is 0 Å². The molecule has 3 aromatic carbocycles. The van der Waals surface area contributed by atoms with E-state index in [9.17, 15) is 14.9 Å². The maximum absolute atomic E-state index is 11.7. The molecule has 5 nitrogen and oxygen atoms in total. The molecule has 0 saturated heterocycles. The number of nitro benzene ring substituents is 1. The number of non-ortho nitro benzene ring substituents is 1. The third-order valence-corrected chi connectivity index (χ3v) is 6.29. The summed E-state index contributed by atoms with van der Waals surface area (Å²) in [4.78, 5) is 24.3. The molecular formula is C25H19NO4S. The minimum Gasteiger partial charge on any atom is -0.495 e. The normalized spacial score (nSPS) is 10.6. The van der Waals surface area contributed by atoms with Gasteiger partial charge in [-0.2, -0.15) is 0 Å². The van der Waals surface area contributed by atoms with Crippen molar-refractivity contribution >= 4 is 22.8 Å². The lowest BCUT2D eigenvalue weighted by molar-refractivity contribution is -0.384. The molecule has 0 saturated carbocycles. The molecular weight excluding hydrogens is 410 g/mol. The van der Waals surface area contributed by atoms with Gasteiger partial charge in [0.25, 0.3) is 5.69 Å². The Morgan fingerprint density at radius 3 is 1.97 bits per heavy atom. The summed E-state index contributed by atoms with van der Waals surface area (Å²) >= 11 is 1.57. The second-order valence-corrected chi connectivity index (χ2v) is 7.99. The molecule has 31 heavy (non-hydrogen) atoms. The van der Waals surface area contributed by atoms with Crippen molar-refractivity contribution < 1.29 is 14.5 Å². The Hall–Kier alpha value is -3.77. The zero-order valence-electron chi connectivity index (χ0n) is 17.0. The predicted molar refractivity (Wildman–Crippen MR) is 124 cm³/mol. The van der Waals surface area contributed by atoms with Gasteiger partial charge in [-0.3, -0.25) is 14.9 Å². The van der Waals surface area contributed by atoms with E-state index in [1.807, 2.05) is 42.5 Å². The van der Waals surface area contributed by atoms with Crippen molar-refractivity contribution in [2.45, 2.75) is 6.92 Å². The molecule has 0 fully saturated rings. The molecule has 4 rings (SSSR count). The van der Waals surface area contributed by atoms with Gasteiger partial charge in [-0.1, -0.05) is 54.6 Å². The number of Topliss-reactive ketones (excluding diaryl/α,β-unsaturated/α-hetero) is 1. The number of methoxy groups -OCH3 is 1. The third-order valence-electron chi connectivity index (χ3n) is 5.02. The Morgan fingerprint density at radius 1 is 0.839 bits per heavy atom. The van der Waals surface area contributed by atoms with Gasteiger partial charge in [0.1, 0.15) is 5.75 Å². The Bertz CT molecular complexity index is 1240. The summed E-state index contributed by atoms with van der Waals surface area (Å²) in [5.74, 6) is 0.740. The molecule has 0 radical (unpaired) electrons. The van der Waals surface area contributed by atoms with Crippen molar-refractivity contribution in [3.8, 4) is 37.8 Å². The van der Waals surface area contributed by atoms with Gasteiger partial charge in [-0.25, -0.2) is 0 Å². The minimum absolute atomic E-state index is 0.00407. The fourth-order valence-corrected chi connectivity index (χ4v) is 4.76. The zero-order chi connectivity index (χ0) is 22.0. The van der Waals surface area contributed by atoms with Gasteiger partial charge in [-0.15, -0.1) is 11.3 Å². The number of rotatable bonds is 6. The second kappa shape index (κ2) is 8.53. The van der Waals surface area contributed by atoms with E-state index in [0.29, 0.717) is 5.56 Å². The van der Waals surface area contributed by atoms with E-state index < -0.39 is 4.92 Å². The van der Waals surface area contributed by atoms with Crippen molar-refractivity contribution in [1.29, 1.82) is 0 Å². The molecule has 0 bridgehead atoms. The van der Waals surface area contributed by atoms with E-state index in [1.165, 1.54) is 19.1 Å². The Morgan fingerprint density at radius 2 is 1.42 bits per heavy atom. The minimum atomic E-state index is -0.407. The number of ketones is 1. The topological polar surface area (TPSA) is 69.4 Å². The fraction of sp³-hybridized carbons (Fsp3) is 0.0800. The Kier molecular flexibility index (Phi) is 5.64. The molecule has 4 aromatic rings. The van der Waals surface area contributed by atoms with E-state index in [1.54, 1.807) is 42.7 Å². The lowest BCUT2D eigenvalue weighted by Crippen LogP contribution is -1.92. The standard InChI is InChI=1S/C25H19NO4S/c1-16(27)17-8-10-18(11-9-17)22-23(30-2)25(19-6-4-3-5-7-19)31-24(22)20-12-14-21(15-13-20)26(28)29/h3-15H,1-2H3. The van der Waals surface area contributed by atoms with Crippen LogP contribution in [0.25, 0.3) is 32.0 Å². The van der Waals surface area contributed by atoms with Crippen molar-refractivity contribution in [3.63, 3.8) is 0 Å². The maximum Gasteiger partial charge on any atom is 0.269 e. The van der Waals surface area contributed by atoms with Crippen LogP contribution >= 0.6 is 11.3 Å². The molecule has 154 valence electrons. The molecule has 0 aliphatic carbocycles. The summed E-state index contributed by atoms with van der Waals surface area (Å²) in [5.41, 5.74) is 4.38. The molecule has 1 heterocycles. The first-order valence-corrected chi connectivity index (χ1v) is 10.4. The van der Waals surface area contributed by atoms with Crippen LogP contribution in [0.5, 0.6) is 5.75 Å². The van der Waals surface area contributed by atoms with Crippen molar-refractivity contribution in [1.82, 2.24) is 0 Å². The van der Waals surface area contributed by atoms with Gasteiger partial charge < -0.3 is 4.74 Å². The number of hydrogen-bond acceptors (Lipinski definition) is 5. The first kappa shape index (κ1) is 20.5. The second-order valence-electron chi connectivity index (χ2n) is 6.97. The lowest BCUT2D eigenvalue weighted by Gasteiger charge is -2.09. The van der Waals surface area contributed by atoms with Crippen LogP contribution in [-0.4, -0.2) is 17.8 Å². The number of carbonyl (C=O) groups excluding carboxylic acids is 1. The average Bonchev–Trinajstić information content (AvgIpc) is 3.19. The molecule has 0 atom stereocenters. The van der Waals surface area contributed by atoms with Gasteiger partial charge in [0, 0.05) is 28.1 Å². The SMILES string of the molecule is COc1c(-c2ccccc2)sc(-c2ccc([N+](=O)[O-])cc2)c1-c1ccc(C(C)=O)cc1. The highest BCUT2D eigenvalue weighted by Gasteiger charge is 2.23. The zero-order valence-corrected chi connectivity index (χ0v) is 17.8. The van der Waals surface area contributed by atoms with Gasteiger partial charge >= 0.3 is 0 Å². The van der Waals surface area contributed by atoms with Crippen molar-refractivity contribution in [2.24, 2.45) is 0 Å². The molecule has 0 N–H and O–H groups in total. The first-order valence-electron chi connectivity index (χ1n) is 9.62. The number of ether oxygens (including phenoxy) is 1. The van der Waals surface area contributed by atoms with Crippen LogP contribution in [0, 0.1) is 10.1 Å². The lowest BCUT2D eigenvalue weighted by atomic mass is 9.98. The molecule has 0 amide bonds. The van der Waals surface area contributed by atoms with E-state index in [0.717, 1.165) is 37.8 Å². The molecule has 0 spiro atoms. The molecule has 6 heteroatoms. The van der Waals surface area contributed by atoms with Gasteiger partial charge in [0.2, 0.25) is 0 Å². The van der Waals surface area contributed by atoms with Gasteiger partial charge in [0.15, 0.2) is 5.78 Å². The number of thiophene rings is 1. The Labute approximate surface area is 183 Å². The van der Waals surface area contributed by atoms with Crippen LogP contribution in [0.1, 0.15) is 17.3 Å². The average molecular weight is 429 g/mol.